The molecule has 1 aliphatic heterocycles. The van der Waals surface area contributed by atoms with Gasteiger partial charge in [0.25, 0.3) is 0 Å². The Morgan fingerprint density at radius 3 is 2.55 bits per heavy atom. The predicted octanol–water partition coefficient (Wildman–Crippen LogP) is 1.27. The zero-order valence-corrected chi connectivity index (χ0v) is 13.6. The first kappa shape index (κ1) is 17.4. The van der Waals surface area contributed by atoms with Gasteiger partial charge in [0.1, 0.15) is 5.54 Å². The lowest BCUT2D eigenvalue weighted by atomic mass is 9.97. The van der Waals surface area contributed by atoms with Crippen molar-refractivity contribution in [3.05, 3.63) is 0 Å². The lowest BCUT2D eigenvalue weighted by molar-refractivity contribution is -0.149. The van der Waals surface area contributed by atoms with Crippen molar-refractivity contribution in [3.8, 4) is 0 Å². The van der Waals surface area contributed by atoms with E-state index in [-0.39, 0.29) is 12.0 Å². The molecule has 0 aromatic heterocycles. The fourth-order valence-electron chi connectivity index (χ4n) is 3.01. The number of likely N-dealkylation sites (N-methyl/N-ethyl adjacent to an activating group) is 1. The Labute approximate surface area is 123 Å². The van der Waals surface area contributed by atoms with Gasteiger partial charge in [0, 0.05) is 32.3 Å². The number of nitrogens with zero attached hydrogens (tertiary/aromatic N) is 1. The number of rotatable bonds is 7. The van der Waals surface area contributed by atoms with Crippen molar-refractivity contribution in [3.63, 3.8) is 0 Å². The topological polar surface area (TPSA) is 50.8 Å². The van der Waals surface area contributed by atoms with Gasteiger partial charge in [-0.1, -0.05) is 0 Å². The number of hydrogen-bond acceptors (Lipinski definition) is 5. The Kier molecular flexibility index (Phi) is 6.92. The number of carbonyl (C=O) groups excluding carboxylic acids is 1. The summed E-state index contributed by atoms with van der Waals surface area (Å²) in [6.07, 6.45) is 2.22. The average molecular weight is 286 g/mol. The average Bonchev–Trinajstić information content (AvgIpc) is 2.37. The Hall–Kier alpha value is -0.650. The van der Waals surface area contributed by atoms with E-state index in [1.54, 1.807) is 0 Å². The standard InChI is InChI=1S/C15H30N2O3/c1-12(2)16-15(3,14(18)19-5)11-17(4)10-13-6-8-20-9-7-13/h12-13,16H,6-11H2,1-5H3. The molecule has 0 bridgehead atoms. The first-order chi connectivity index (χ1) is 9.37. The minimum absolute atomic E-state index is 0.204. The molecule has 20 heavy (non-hydrogen) atoms. The van der Waals surface area contributed by atoms with E-state index in [4.69, 9.17) is 9.47 Å². The molecule has 1 fully saturated rings. The highest BCUT2D eigenvalue weighted by Gasteiger charge is 2.36. The van der Waals surface area contributed by atoms with Crippen LogP contribution in [-0.4, -0.2) is 62.9 Å². The van der Waals surface area contributed by atoms with E-state index >= 15 is 0 Å². The number of nitrogens with one attached hydrogen (secondary N) is 1. The van der Waals surface area contributed by atoms with Crippen molar-refractivity contribution >= 4 is 5.97 Å². The normalized spacial score (nSPS) is 20.1. The zero-order valence-electron chi connectivity index (χ0n) is 13.6. The molecule has 0 aromatic rings. The number of methoxy groups -OCH3 is 1. The van der Waals surface area contributed by atoms with Gasteiger partial charge in [-0.25, -0.2) is 0 Å². The highest BCUT2D eigenvalue weighted by molar-refractivity contribution is 5.80. The van der Waals surface area contributed by atoms with Gasteiger partial charge in [0.2, 0.25) is 0 Å². The van der Waals surface area contributed by atoms with Crippen LogP contribution in [0.15, 0.2) is 0 Å². The Balaban J connectivity index is 2.56. The molecular formula is C15H30N2O3. The third-order valence-electron chi connectivity index (χ3n) is 3.74. The van der Waals surface area contributed by atoms with Gasteiger partial charge in [0.15, 0.2) is 0 Å². The first-order valence-electron chi connectivity index (χ1n) is 7.50. The van der Waals surface area contributed by atoms with Crippen LogP contribution in [0.3, 0.4) is 0 Å². The number of hydrogen-bond donors (Lipinski definition) is 1. The SMILES string of the molecule is COC(=O)C(C)(CN(C)CC1CCOCC1)NC(C)C. The molecule has 0 saturated carbocycles. The Morgan fingerprint density at radius 2 is 2.05 bits per heavy atom. The minimum atomic E-state index is -0.664. The first-order valence-corrected chi connectivity index (χ1v) is 7.50. The monoisotopic (exact) mass is 286 g/mol. The molecule has 0 spiro atoms. The molecule has 1 atom stereocenters. The van der Waals surface area contributed by atoms with E-state index in [1.807, 2.05) is 20.8 Å². The van der Waals surface area contributed by atoms with Gasteiger partial charge in [-0.3, -0.25) is 10.1 Å². The van der Waals surface area contributed by atoms with Gasteiger partial charge in [-0.2, -0.15) is 0 Å². The molecule has 5 nitrogen and oxygen atoms in total. The van der Waals surface area contributed by atoms with E-state index in [1.165, 1.54) is 7.11 Å². The van der Waals surface area contributed by atoms with Crippen LogP contribution in [-0.2, 0) is 14.3 Å². The summed E-state index contributed by atoms with van der Waals surface area (Å²) >= 11 is 0. The van der Waals surface area contributed by atoms with Crippen LogP contribution in [0, 0.1) is 5.92 Å². The smallest absolute Gasteiger partial charge is 0.327 e. The molecule has 1 N–H and O–H groups in total. The molecule has 1 heterocycles. The van der Waals surface area contributed by atoms with Crippen molar-refractivity contribution in [1.82, 2.24) is 10.2 Å². The lowest BCUT2D eigenvalue weighted by Crippen LogP contribution is -2.59. The molecule has 0 aromatic carbocycles. The number of ether oxygens (including phenoxy) is 2. The van der Waals surface area contributed by atoms with E-state index < -0.39 is 5.54 Å². The van der Waals surface area contributed by atoms with Crippen molar-refractivity contribution in [2.45, 2.75) is 45.2 Å². The molecule has 1 unspecified atom stereocenters. The van der Waals surface area contributed by atoms with E-state index in [0.29, 0.717) is 12.5 Å². The van der Waals surface area contributed by atoms with Gasteiger partial charge in [-0.15, -0.1) is 0 Å². The van der Waals surface area contributed by atoms with Crippen LogP contribution in [0.1, 0.15) is 33.6 Å². The summed E-state index contributed by atoms with van der Waals surface area (Å²) in [7, 11) is 3.51. The molecule has 1 aliphatic rings. The van der Waals surface area contributed by atoms with Crippen LogP contribution in [0.2, 0.25) is 0 Å². The Morgan fingerprint density at radius 1 is 1.45 bits per heavy atom. The quantitative estimate of drug-likeness (QED) is 0.714. The van der Waals surface area contributed by atoms with Gasteiger partial charge >= 0.3 is 5.97 Å². The molecule has 1 saturated heterocycles. The van der Waals surface area contributed by atoms with E-state index in [2.05, 4.69) is 17.3 Å². The van der Waals surface area contributed by atoms with Crippen LogP contribution >= 0.6 is 0 Å². The maximum atomic E-state index is 12.1. The largest absolute Gasteiger partial charge is 0.468 e. The Bertz CT molecular complexity index is 303. The van der Waals surface area contributed by atoms with Crippen molar-refractivity contribution in [1.29, 1.82) is 0 Å². The minimum Gasteiger partial charge on any atom is -0.468 e. The second-order valence-electron chi connectivity index (χ2n) is 6.38. The highest BCUT2D eigenvalue weighted by atomic mass is 16.5. The van der Waals surface area contributed by atoms with Crippen molar-refractivity contribution in [2.75, 3.05) is 40.5 Å². The van der Waals surface area contributed by atoms with Crippen molar-refractivity contribution < 1.29 is 14.3 Å². The highest BCUT2D eigenvalue weighted by Crippen LogP contribution is 2.17. The third-order valence-corrected chi connectivity index (χ3v) is 3.74. The third kappa shape index (κ3) is 5.38. The fraction of sp³-hybridized carbons (Fsp3) is 0.933. The van der Waals surface area contributed by atoms with Crippen LogP contribution < -0.4 is 5.32 Å². The molecule has 1 rings (SSSR count). The van der Waals surface area contributed by atoms with Crippen LogP contribution in [0.5, 0.6) is 0 Å². The zero-order chi connectivity index (χ0) is 15.2. The molecule has 5 heteroatoms. The van der Waals surface area contributed by atoms with E-state index in [0.717, 1.165) is 32.6 Å². The van der Waals surface area contributed by atoms with Crippen molar-refractivity contribution in [2.24, 2.45) is 5.92 Å². The number of esters is 1. The summed E-state index contributed by atoms with van der Waals surface area (Å²) in [4.78, 5) is 14.3. The molecular weight excluding hydrogens is 256 g/mol. The summed E-state index contributed by atoms with van der Waals surface area (Å²) in [5, 5.41) is 3.33. The second kappa shape index (κ2) is 7.96. The fourth-order valence-corrected chi connectivity index (χ4v) is 3.01. The van der Waals surface area contributed by atoms with E-state index in [9.17, 15) is 4.79 Å². The summed E-state index contributed by atoms with van der Waals surface area (Å²) in [6, 6.07) is 0.232. The maximum absolute atomic E-state index is 12.1. The molecule has 0 aliphatic carbocycles. The molecule has 118 valence electrons. The van der Waals surface area contributed by atoms with Gasteiger partial charge in [0.05, 0.1) is 7.11 Å². The summed E-state index contributed by atoms with van der Waals surface area (Å²) < 4.78 is 10.3. The van der Waals surface area contributed by atoms with Crippen LogP contribution in [0.4, 0.5) is 0 Å². The number of carbonyl (C=O) groups is 1. The van der Waals surface area contributed by atoms with Gasteiger partial charge < -0.3 is 14.4 Å². The molecule has 0 amide bonds. The second-order valence-corrected chi connectivity index (χ2v) is 6.38. The molecule has 0 radical (unpaired) electrons. The summed E-state index contributed by atoms with van der Waals surface area (Å²) in [5.74, 6) is 0.458. The maximum Gasteiger partial charge on any atom is 0.327 e. The summed E-state index contributed by atoms with van der Waals surface area (Å²) in [6.45, 7) is 9.36. The summed E-state index contributed by atoms with van der Waals surface area (Å²) in [5.41, 5.74) is -0.664. The van der Waals surface area contributed by atoms with Crippen LogP contribution in [0.25, 0.3) is 0 Å². The lowest BCUT2D eigenvalue weighted by Gasteiger charge is -2.35. The predicted molar refractivity (Wildman–Crippen MR) is 79.7 cm³/mol. The van der Waals surface area contributed by atoms with Gasteiger partial charge in [-0.05, 0) is 46.6 Å².